The van der Waals surface area contributed by atoms with Crippen LogP contribution in [0.1, 0.15) is 19.8 Å². The van der Waals surface area contributed by atoms with E-state index in [-0.39, 0.29) is 12.4 Å². The molecule has 2 aromatic heterocycles. The highest BCUT2D eigenvalue weighted by molar-refractivity contribution is 5.87. The molecule has 1 atom stereocenters. The van der Waals surface area contributed by atoms with Crippen LogP contribution in [0.5, 0.6) is 0 Å². The van der Waals surface area contributed by atoms with E-state index in [1.807, 2.05) is 12.3 Å². The number of fused-ring (bicyclic) bond motifs is 1. The van der Waals surface area contributed by atoms with E-state index in [1.54, 1.807) is 6.33 Å². The van der Waals surface area contributed by atoms with Gasteiger partial charge in [0.1, 0.15) is 17.8 Å². The molecule has 0 saturated carbocycles. The Labute approximate surface area is 119 Å². The number of aromatic amines is 1. The summed E-state index contributed by atoms with van der Waals surface area (Å²) in [5.41, 5.74) is 6.89. The molecule has 1 fully saturated rings. The number of nitrogens with zero attached hydrogens (tertiary/aromatic N) is 3. The SMILES string of the molecule is CC(N)C1CCN(c2ncnc3[nH]ccc23)CC1.Cl. The molecule has 0 amide bonds. The van der Waals surface area contributed by atoms with Gasteiger partial charge in [0.25, 0.3) is 0 Å². The summed E-state index contributed by atoms with van der Waals surface area (Å²) in [4.78, 5) is 14.1. The van der Waals surface area contributed by atoms with Crippen LogP contribution in [0, 0.1) is 5.92 Å². The summed E-state index contributed by atoms with van der Waals surface area (Å²) in [6.07, 6.45) is 5.84. The highest BCUT2D eigenvalue weighted by atomic mass is 35.5. The molecule has 0 aromatic carbocycles. The maximum Gasteiger partial charge on any atom is 0.142 e. The molecule has 0 spiro atoms. The second-order valence-electron chi connectivity index (χ2n) is 5.12. The third-order valence-corrected chi connectivity index (χ3v) is 3.92. The van der Waals surface area contributed by atoms with Gasteiger partial charge in [-0.15, -0.1) is 12.4 Å². The molecule has 6 heteroatoms. The van der Waals surface area contributed by atoms with Gasteiger partial charge in [-0.25, -0.2) is 9.97 Å². The molecular weight excluding hydrogens is 262 g/mol. The fourth-order valence-electron chi connectivity index (χ4n) is 2.75. The number of piperidine rings is 1. The van der Waals surface area contributed by atoms with Crippen LogP contribution in [-0.2, 0) is 0 Å². The molecule has 3 rings (SSSR count). The third kappa shape index (κ3) is 2.67. The van der Waals surface area contributed by atoms with E-state index in [4.69, 9.17) is 5.73 Å². The Hall–Kier alpha value is -1.33. The van der Waals surface area contributed by atoms with E-state index >= 15 is 0 Å². The molecule has 1 saturated heterocycles. The summed E-state index contributed by atoms with van der Waals surface area (Å²) in [6.45, 7) is 4.17. The molecule has 1 aliphatic heterocycles. The lowest BCUT2D eigenvalue weighted by molar-refractivity contribution is 0.354. The van der Waals surface area contributed by atoms with Crippen LogP contribution in [0.3, 0.4) is 0 Å². The molecule has 5 nitrogen and oxygen atoms in total. The number of rotatable bonds is 2. The first kappa shape index (κ1) is 14.1. The van der Waals surface area contributed by atoms with Gasteiger partial charge >= 0.3 is 0 Å². The highest BCUT2D eigenvalue weighted by Crippen LogP contribution is 2.27. The molecule has 0 radical (unpaired) electrons. The van der Waals surface area contributed by atoms with Gasteiger partial charge in [-0.05, 0) is 31.7 Å². The van der Waals surface area contributed by atoms with E-state index < -0.39 is 0 Å². The summed E-state index contributed by atoms with van der Waals surface area (Å²) in [5.74, 6) is 1.69. The Morgan fingerprint density at radius 3 is 2.79 bits per heavy atom. The maximum absolute atomic E-state index is 5.98. The summed E-state index contributed by atoms with van der Waals surface area (Å²) in [6, 6.07) is 2.34. The van der Waals surface area contributed by atoms with Crippen molar-refractivity contribution in [3.05, 3.63) is 18.6 Å². The van der Waals surface area contributed by atoms with E-state index in [9.17, 15) is 0 Å². The highest BCUT2D eigenvalue weighted by Gasteiger charge is 2.23. The normalized spacial score (nSPS) is 18.3. The third-order valence-electron chi connectivity index (χ3n) is 3.92. The minimum absolute atomic E-state index is 0. The van der Waals surface area contributed by atoms with E-state index in [0.29, 0.717) is 12.0 Å². The predicted octanol–water partition coefficient (Wildman–Crippen LogP) is 1.94. The van der Waals surface area contributed by atoms with Crippen LogP contribution in [0.2, 0.25) is 0 Å². The smallest absolute Gasteiger partial charge is 0.142 e. The van der Waals surface area contributed by atoms with Crippen LogP contribution < -0.4 is 10.6 Å². The zero-order valence-corrected chi connectivity index (χ0v) is 11.9. The molecule has 104 valence electrons. The van der Waals surface area contributed by atoms with Gasteiger partial charge in [-0.3, -0.25) is 0 Å². The average Bonchev–Trinajstić information content (AvgIpc) is 2.87. The van der Waals surface area contributed by atoms with Crippen molar-refractivity contribution >= 4 is 29.3 Å². The van der Waals surface area contributed by atoms with Crippen LogP contribution in [0.4, 0.5) is 5.82 Å². The second kappa shape index (κ2) is 5.75. The fraction of sp³-hybridized carbons (Fsp3) is 0.538. The van der Waals surface area contributed by atoms with Crippen molar-refractivity contribution in [2.75, 3.05) is 18.0 Å². The summed E-state index contributed by atoms with van der Waals surface area (Å²) in [7, 11) is 0. The minimum atomic E-state index is 0. The molecule has 1 unspecified atom stereocenters. The monoisotopic (exact) mass is 281 g/mol. The van der Waals surface area contributed by atoms with Gasteiger partial charge < -0.3 is 15.6 Å². The van der Waals surface area contributed by atoms with Crippen molar-refractivity contribution in [3.8, 4) is 0 Å². The average molecular weight is 282 g/mol. The number of H-pyrrole nitrogens is 1. The molecule has 3 N–H and O–H groups in total. The van der Waals surface area contributed by atoms with Gasteiger partial charge in [-0.2, -0.15) is 0 Å². The number of hydrogen-bond acceptors (Lipinski definition) is 4. The Morgan fingerprint density at radius 2 is 2.11 bits per heavy atom. The standard InChI is InChI=1S/C13H19N5.ClH/c1-9(14)10-3-6-18(7-4-10)13-11-2-5-15-12(11)16-8-17-13;/h2,5,8-10H,3-4,6-7,14H2,1H3,(H,15,16,17);1H. The topological polar surface area (TPSA) is 70.8 Å². The minimum Gasteiger partial charge on any atom is -0.356 e. The van der Waals surface area contributed by atoms with Crippen molar-refractivity contribution in [2.24, 2.45) is 11.7 Å². The predicted molar refractivity (Wildman–Crippen MR) is 79.7 cm³/mol. The molecule has 0 bridgehead atoms. The number of hydrogen-bond donors (Lipinski definition) is 2. The van der Waals surface area contributed by atoms with Crippen LogP contribution in [0.15, 0.2) is 18.6 Å². The van der Waals surface area contributed by atoms with E-state index in [2.05, 4.69) is 26.8 Å². The zero-order chi connectivity index (χ0) is 12.5. The Balaban J connectivity index is 0.00000133. The lowest BCUT2D eigenvalue weighted by Crippen LogP contribution is -2.40. The number of nitrogens with two attached hydrogens (primary N) is 1. The number of halogens is 1. The molecule has 19 heavy (non-hydrogen) atoms. The van der Waals surface area contributed by atoms with Crippen molar-refractivity contribution in [2.45, 2.75) is 25.8 Å². The summed E-state index contributed by atoms with van der Waals surface area (Å²) >= 11 is 0. The van der Waals surface area contributed by atoms with Gasteiger partial charge in [0.15, 0.2) is 0 Å². The van der Waals surface area contributed by atoms with Gasteiger partial charge in [-0.1, -0.05) is 0 Å². The lowest BCUT2D eigenvalue weighted by atomic mass is 9.91. The van der Waals surface area contributed by atoms with Crippen LogP contribution in [-0.4, -0.2) is 34.1 Å². The molecule has 3 heterocycles. The lowest BCUT2D eigenvalue weighted by Gasteiger charge is -2.34. The first-order valence-corrected chi connectivity index (χ1v) is 6.54. The maximum atomic E-state index is 5.98. The number of nitrogens with one attached hydrogen (secondary N) is 1. The quantitative estimate of drug-likeness (QED) is 0.883. The number of aromatic nitrogens is 3. The van der Waals surface area contributed by atoms with Gasteiger partial charge in [0.2, 0.25) is 0 Å². The summed E-state index contributed by atoms with van der Waals surface area (Å²) < 4.78 is 0. The number of anilines is 1. The zero-order valence-electron chi connectivity index (χ0n) is 11.0. The molecule has 1 aliphatic rings. The molecular formula is C13H20ClN5. The summed E-state index contributed by atoms with van der Waals surface area (Å²) in [5, 5.41) is 1.11. The van der Waals surface area contributed by atoms with Gasteiger partial charge in [0.05, 0.1) is 5.39 Å². The van der Waals surface area contributed by atoms with E-state index in [0.717, 1.165) is 42.8 Å². The fourth-order valence-corrected chi connectivity index (χ4v) is 2.75. The van der Waals surface area contributed by atoms with Crippen molar-refractivity contribution < 1.29 is 0 Å². The molecule has 2 aromatic rings. The first-order chi connectivity index (χ1) is 8.75. The van der Waals surface area contributed by atoms with Crippen LogP contribution >= 0.6 is 12.4 Å². The van der Waals surface area contributed by atoms with Crippen molar-refractivity contribution in [1.29, 1.82) is 0 Å². The Bertz CT molecular complexity index is 531. The van der Waals surface area contributed by atoms with Crippen LogP contribution in [0.25, 0.3) is 11.0 Å². The largest absolute Gasteiger partial charge is 0.356 e. The van der Waals surface area contributed by atoms with Crippen molar-refractivity contribution in [3.63, 3.8) is 0 Å². The Kier molecular flexibility index (Phi) is 4.27. The molecule has 0 aliphatic carbocycles. The second-order valence-corrected chi connectivity index (χ2v) is 5.12. The van der Waals surface area contributed by atoms with Crippen molar-refractivity contribution in [1.82, 2.24) is 15.0 Å². The van der Waals surface area contributed by atoms with Gasteiger partial charge in [0, 0.05) is 25.3 Å². The van der Waals surface area contributed by atoms with E-state index in [1.165, 1.54) is 0 Å². The Morgan fingerprint density at radius 1 is 1.37 bits per heavy atom. The first-order valence-electron chi connectivity index (χ1n) is 6.54.